The van der Waals surface area contributed by atoms with Crippen molar-refractivity contribution in [3.8, 4) is 17.2 Å². The molecule has 8 nitrogen and oxygen atoms in total. The molecule has 0 saturated carbocycles. The molecule has 1 aliphatic heterocycles. The largest absolute Gasteiger partial charge is 0.497 e. The van der Waals surface area contributed by atoms with Crippen LogP contribution in [0, 0.1) is 12.7 Å². The first-order valence-electron chi connectivity index (χ1n) is 11.1. The molecule has 36 heavy (non-hydrogen) atoms. The van der Waals surface area contributed by atoms with Crippen molar-refractivity contribution in [3.63, 3.8) is 0 Å². The van der Waals surface area contributed by atoms with Gasteiger partial charge in [-0.3, -0.25) is 14.4 Å². The van der Waals surface area contributed by atoms with E-state index in [4.69, 9.17) is 14.2 Å². The monoisotopic (exact) mass is 488 g/mol. The Morgan fingerprint density at radius 1 is 1.06 bits per heavy atom. The zero-order valence-corrected chi connectivity index (χ0v) is 19.5. The van der Waals surface area contributed by atoms with Crippen molar-refractivity contribution < 1.29 is 28.2 Å². The minimum Gasteiger partial charge on any atom is -0.497 e. The number of carbonyl (C=O) groups excluding carboxylic acids is 2. The topological polar surface area (TPSA) is 95.9 Å². The molecule has 0 radical (unpaired) electrons. The van der Waals surface area contributed by atoms with Crippen molar-refractivity contribution in [1.29, 1.82) is 0 Å². The predicted octanol–water partition coefficient (Wildman–Crippen LogP) is 4.06. The molecule has 1 aliphatic rings. The third-order valence-corrected chi connectivity index (χ3v) is 5.95. The van der Waals surface area contributed by atoms with E-state index in [9.17, 15) is 18.8 Å². The third-order valence-electron chi connectivity index (χ3n) is 5.95. The van der Waals surface area contributed by atoms with E-state index in [2.05, 4.69) is 5.32 Å². The number of nitrogens with zero attached hydrogens (tertiary/aromatic N) is 1. The van der Waals surface area contributed by atoms with Gasteiger partial charge in [-0.15, -0.1) is 0 Å². The SMILES string of the molecule is COc1ccc(NC(=O)Cn2cc(C(=O)c3ccc(F)cc3)c(=O)c3cc4c(cc32)OCO4)c(C)c1. The summed E-state index contributed by atoms with van der Waals surface area (Å²) in [5, 5.41) is 3.05. The van der Waals surface area contributed by atoms with E-state index in [1.54, 1.807) is 31.4 Å². The molecule has 2 heterocycles. The second-order valence-corrected chi connectivity index (χ2v) is 8.29. The minimum atomic E-state index is -0.584. The number of hydrogen-bond acceptors (Lipinski definition) is 6. The number of hydrogen-bond donors (Lipinski definition) is 1. The summed E-state index contributed by atoms with van der Waals surface area (Å²) in [6.07, 6.45) is 1.35. The second-order valence-electron chi connectivity index (χ2n) is 8.29. The maximum Gasteiger partial charge on any atom is 0.244 e. The predicted molar refractivity (Wildman–Crippen MR) is 131 cm³/mol. The molecule has 3 aromatic carbocycles. The molecule has 9 heteroatoms. The van der Waals surface area contributed by atoms with Crippen LogP contribution in [0.3, 0.4) is 0 Å². The number of anilines is 1. The highest BCUT2D eigenvalue weighted by molar-refractivity contribution is 6.10. The summed E-state index contributed by atoms with van der Waals surface area (Å²) in [5.74, 6) is 0.0129. The van der Waals surface area contributed by atoms with Crippen LogP contribution in [0.25, 0.3) is 10.9 Å². The molecule has 0 bridgehead atoms. The van der Waals surface area contributed by atoms with E-state index < -0.39 is 17.0 Å². The van der Waals surface area contributed by atoms with Crippen LogP contribution >= 0.6 is 0 Å². The van der Waals surface area contributed by atoms with Crippen molar-refractivity contribution in [2.24, 2.45) is 0 Å². The number of amides is 1. The number of carbonyl (C=O) groups is 2. The first-order chi connectivity index (χ1) is 17.3. The number of ketones is 1. The van der Waals surface area contributed by atoms with Crippen LogP contribution in [0.5, 0.6) is 17.2 Å². The Hall–Kier alpha value is -4.66. The standard InChI is InChI=1S/C27H21FN2O6/c1-15-9-18(34-2)7-8-21(15)29-25(31)13-30-12-20(26(32)16-3-5-17(28)6-4-16)27(33)19-10-23-24(11-22(19)30)36-14-35-23/h3-12H,13-14H2,1-2H3,(H,29,31). The molecular weight excluding hydrogens is 467 g/mol. The van der Waals surface area contributed by atoms with Crippen LogP contribution in [-0.2, 0) is 11.3 Å². The van der Waals surface area contributed by atoms with Crippen LogP contribution in [0.4, 0.5) is 10.1 Å². The number of pyridine rings is 1. The fraction of sp³-hybridized carbons (Fsp3) is 0.148. The number of halogens is 1. The van der Waals surface area contributed by atoms with Crippen LogP contribution in [0.15, 0.2) is 65.6 Å². The lowest BCUT2D eigenvalue weighted by atomic mass is 10.0. The maximum absolute atomic E-state index is 13.4. The summed E-state index contributed by atoms with van der Waals surface area (Å²) >= 11 is 0. The molecule has 5 rings (SSSR count). The molecular formula is C27H21FN2O6. The molecule has 1 aromatic heterocycles. The number of fused-ring (bicyclic) bond motifs is 2. The molecule has 1 amide bonds. The van der Waals surface area contributed by atoms with Gasteiger partial charge >= 0.3 is 0 Å². The second kappa shape index (κ2) is 9.18. The van der Waals surface area contributed by atoms with Crippen molar-refractivity contribution in [3.05, 3.63) is 93.5 Å². The van der Waals surface area contributed by atoms with Gasteiger partial charge in [0, 0.05) is 23.5 Å². The number of aromatic nitrogens is 1. The number of methoxy groups -OCH3 is 1. The Morgan fingerprint density at radius 3 is 2.47 bits per heavy atom. The zero-order chi connectivity index (χ0) is 25.4. The van der Waals surface area contributed by atoms with Gasteiger partial charge in [0.15, 0.2) is 17.3 Å². The summed E-state index contributed by atoms with van der Waals surface area (Å²) in [5.41, 5.74) is 1.29. The lowest BCUT2D eigenvalue weighted by Gasteiger charge is -2.15. The van der Waals surface area contributed by atoms with Crippen molar-refractivity contribution in [2.45, 2.75) is 13.5 Å². The highest BCUT2D eigenvalue weighted by Crippen LogP contribution is 2.35. The van der Waals surface area contributed by atoms with Gasteiger partial charge in [0.1, 0.15) is 18.1 Å². The molecule has 4 aromatic rings. The first-order valence-corrected chi connectivity index (χ1v) is 11.1. The maximum atomic E-state index is 13.4. The Bertz CT molecular complexity index is 1580. The van der Waals surface area contributed by atoms with Gasteiger partial charge in [-0.1, -0.05) is 0 Å². The minimum absolute atomic E-state index is 0.00154. The van der Waals surface area contributed by atoms with E-state index >= 15 is 0 Å². The Labute approximate surface area is 204 Å². The van der Waals surface area contributed by atoms with Gasteiger partial charge in [0.05, 0.1) is 23.6 Å². The molecule has 182 valence electrons. The van der Waals surface area contributed by atoms with Crippen molar-refractivity contribution >= 4 is 28.3 Å². The third kappa shape index (κ3) is 4.26. The lowest BCUT2D eigenvalue weighted by Crippen LogP contribution is -2.24. The van der Waals surface area contributed by atoms with E-state index in [1.807, 2.05) is 6.92 Å². The van der Waals surface area contributed by atoms with E-state index in [0.717, 1.165) is 17.7 Å². The van der Waals surface area contributed by atoms with Crippen molar-refractivity contribution in [1.82, 2.24) is 4.57 Å². The van der Waals surface area contributed by atoms with Gasteiger partial charge in [0.2, 0.25) is 18.1 Å². The summed E-state index contributed by atoms with van der Waals surface area (Å²) in [4.78, 5) is 39.5. The summed E-state index contributed by atoms with van der Waals surface area (Å²) in [6.45, 7) is 1.65. The quantitative estimate of drug-likeness (QED) is 0.412. The van der Waals surface area contributed by atoms with E-state index in [-0.39, 0.29) is 35.8 Å². The Morgan fingerprint density at radius 2 is 1.78 bits per heavy atom. The lowest BCUT2D eigenvalue weighted by molar-refractivity contribution is -0.116. The van der Waals surface area contributed by atoms with Crippen LogP contribution in [0.1, 0.15) is 21.5 Å². The molecule has 0 fully saturated rings. The Balaban J connectivity index is 1.56. The fourth-order valence-corrected chi connectivity index (χ4v) is 4.08. The van der Waals surface area contributed by atoms with Gasteiger partial charge < -0.3 is 24.1 Å². The molecule has 0 atom stereocenters. The summed E-state index contributed by atoms with van der Waals surface area (Å²) in [6, 6.07) is 13.3. The summed E-state index contributed by atoms with van der Waals surface area (Å²) < 4.78 is 30.9. The van der Waals surface area contributed by atoms with Crippen molar-refractivity contribution in [2.75, 3.05) is 19.2 Å². The molecule has 0 spiro atoms. The van der Waals surface area contributed by atoms with E-state index in [1.165, 1.54) is 29.0 Å². The number of rotatable bonds is 6. The van der Waals surface area contributed by atoms with Gasteiger partial charge in [-0.25, -0.2) is 4.39 Å². The van der Waals surface area contributed by atoms with E-state index in [0.29, 0.717) is 28.5 Å². The molecule has 0 aliphatic carbocycles. The smallest absolute Gasteiger partial charge is 0.244 e. The number of benzene rings is 3. The molecule has 1 N–H and O–H groups in total. The number of aryl methyl sites for hydroxylation is 1. The number of ether oxygens (including phenoxy) is 3. The normalized spacial score (nSPS) is 12.0. The average molecular weight is 488 g/mol. The van der Waals surface area contributed by atoms with Gasteiger partial charge in [-0.05, 0) is 61.0 Å². The first kappa shape index (κ1) is 23.1. The highest BCUT2D eigenvalue weighted by atomic mass is 19.1. The average Bonchev–Trinajstić information content (AvgIpc) is 3.34. The molecule has 0 saturated heterocycles. The van der Waals surface area contributed by atoms with Crippen LogP contribution in [0.2, 0.25) is 0 Å². The van der Waals surface area contributed by atoms with Gasteiger partial charge in [0.25, 0.3) is 0 Å². The highest BCUT2D eigenvalue weighted by Gasteiger charge is 2.22. The fourth-order valence-electron chi connectivity index (χ4n) is 4.08. The Kier molecular flexibility index (Phi) is 5.89. The van der Waals surface area contributed by atoms with Gasteiger partial charge in [-0.2, -0.15) is 0 Å². The number of nitrogens with one attached hydrogen (secondary N) is 1. The van der Waals surface area contributed by atoms with Crippen LogP contribution in [-0.4, -0.2) is 30.2 Å². The van der Waals surface area contributed by atoms with Crippen LogP contribution < -0.4 is 25.0 Å². The zero-order valence-electron chi connectivity index (χ0n) is 19.5. The summed E-state index contributed by atoms with van der Waals surface area (Å²) in [7, 11) is 1.56. The molecule has 0 unspecified atom stereocenters.